The number of amides is 2. The maximum absolute atomic E-state index is 14.0. The quantitative estimate of drug-likeness (QED) is 0.0253. The van der Waals surface area contributed by atoms with Crippen LogP contribution in [0.3, 0.4) is 0 Å². The molecule has 3 aromatic rings. The number of carbonyl (C=O) groups is 3. The molecule has 0 spiro atoms. The molecule has 58 heavy (non-hydrogen) atoms. The lowest BCUT2D eigenvalue weighted by atomic mass is 10.1. The van der Waals surface area contributed by atoms with E-state index >= 15 is 0 Å². The fourth-order valence-electron chi connectivity index (χ4n) is 5.29. The monoisotopic (exact) mass is 806 g/mol. The second-order valence-corrected chi connectivity index (χ2v) is 13.5. The third kappa shape index (κ3) is 14.7. The first-order valence-electron chi connectivity index (χ1n) is 18.5. The SMILES string of the molecule is COC(=O)[C@H](CCCN=C(N)N)NC(=O)[C@H](CCCN=C(N)N)NC(=O)COc1c(-c2ccc(OCC=C(C)C)cc2)oc2cc(OCC=C(C)C)cc(O)c2c1=O. The summed E-state index contributed by atoms with van der Waals surface area (Å²) in [4.78, 5) is 61.4. The molecule has 11 N–H and O–H groups in total. The third-order valence-corrected chi connectivity index (χ3v) is 8.20. The molecule has 0 aliphatic rings. The Morgan fingerprint density at radius 2 is 1.38 bits per heavy atom. The number of guanidine groups is 2. The van der Waals surface area contributed by atoms with Crippen molar-refractivity contribution in [3.05, 3.63) is 69.9 Å². The first-order chi connectivity index (χ1) is 27.6. The molecular weight excluding hydrogens is 752 g/mol. The number of ether oxygens (including phenoxy) is 4. The van der Waals surface area contributed by atoms with Crippen LogP contribution < -0.4 is 53.2 Å². The maximum atomic E-state index is 14.0. The highest BCUT2D eigenvalue weighted by Crippen LogP contribution is 2.36. The number of methoxy groups -OCH3 is 1. The minimum atomic E-state index is -1.20. The standard InChI is InChI=1S/C40H54N8O10/c1-23(2)14-18-55-26-12-10-25(11-13-26)35-36(34(51)33-30(49)20-27(21-31(33)58-35)56-19-15-24(3)4)57-22-32(50)47-28(8-6-16-45-39(41)42)37(52)48-29(38(53)54-5)9-7-17-46-40(43)44/h10-15,20-21,28-29,49H,6-9,16-19,22H2,1-5H3,(H,47,50)(H,48,52)(H4,41,42,45)(H4,43,44,46)/t28-,29-/m0/s1. The number of allylic oxidation sites excluding steroid dienone is 2. The van der Waals surface area contributed by atoms with Crippen molar-refractivity contribution in [2.75, 3.05) is 40.0 Å². The van der Waals surface area contributed by atoms with Gasteiger partial charge in [-0.05, 0) is 89.8 Å². The second kappa shape index (κ2) is 22.7. The topological polar surface area (TPSA) is 291 Å². The van der Waals surface area contributed by atoms with Gasteiger partial charge in [-0.1, -0.05) is 11.1 Å². The molecule has 0 fully saturated rings. The van der Waals surface area contributed by atoms with Gasteiger partial charge in [0.25, 0.3) is 5.91 Å². The predicted octanol–water partition coefficient (Wildman–Crippen LogP) is 2.48. The lowest BCUT2D eigenvalue weighted by molar-refractivity contribution is -0.145. The molecule has 3 rings (SSSR count). The Labute approximate surface area is 336 Å². The van der Waals surface area contributed by atoms with Gasteiger partial charge in [-0.25, -0.2) is 4.79 Å². The number of benzene rings is 2. The van der Waals surface area contributed by atoms with Crippen LogP contribution in [0.2, 0.25) is 0 Å². The molecule has 18 heteroatoms. The number of hydrogen-bond donors (Lipinski definition) is 7. The number of fused-ring (bicyclic) bond motifs is 1. The number of aliphatic imine (C=N–C) groups is 2. The Balaban J connectivity index is 1.95. The van der Waals surface area contributed by atoms with Gasteiger partial charge in [-0.3, -0.25) is 24.4 Å². The summed E-state index contributed by atoms with van der Waals surface area (Å²) in [5.41, 5.74) is 23.4. The van der Waals surface area contributed by atoms with Crippen molar-refractivity contribution < 1.29 is 42.9 Å². The molecule has 0 aliphatic carbocycles. The average molecular weight is 807 g/mol. The van der Waals surface area contributed by atoms with Gasteiger partial charge in [-0.15, -0.1) is 0 Å². The lowest BCUT2D eigenvalue weighted by Gasteiger charge is -2.22. The van der Waals surface area contributed by atoms with E-state index in [9.17, 15) is 24.3 Å². The van der Waals surface area contributed by atoms with E-state index in [2.05, 4.69) is 20.6 Å². The Bertz CT molecular complexity index is 2060. The second-order valence-electron chi connectivity index (χ2n) is 13.5. The van der Waals surface area contributed by atoms with Gasteiger partial charge in [0.15, 0.2) is 24.3 Å². The third-order valence-electron chi connectivity index (χ3n) is 8.20. The first-order valence-corrected chi connectivity index (χ1v) is 18.5. The highest BCUT2D eigenvalue weighted by atomic mass is 16.5. The lowest BCUT2D eigenvalue weighted by Crippen LogP contribution is -2.52. The predicted molar refractivity (Wildman–Crippen MR) is 221 cm³/mol. The van der Waals surface area contributed by atoms with Gasteiger partial charge in [0.05, 0.1) is 7.11 Å². The van der Waals surface area contributed by atoms with Gasteiger partial charge in [0, 0.05) is 30.8 Å². The van der Waals surface area contributed by atoms with Crippen molar-refractivity contribution in [1.29, 1.82) is 0 Å². The number of nitrogens with one attached hydrogen (secondary N) is 2. The minimum Gasteiger partial charge on any atom is -0.507 e. The minimum absolute atomic E-state index is 0.00357. The molecule has 0 saturated carbocycles. The Kier molecular flexibility index (Phi) is 17.9. The van der Waals surface area contributed by atoms with E-state index in [-0.39, 0.29) is 79.1 Å². The zero-order valence-corrected chi connectivity index (χ0v) is 33.5. The van der Waals surface area contributed by atoms with E-state index in [0.29, 0.717) is 24.3 Å². The summed E-state index contributed by atoms with van der Waals surface area (Å²) in [6.45, 7) is 7.89. The number of rotatable bonds is 22. The number of carbonyl (C=O) groups excluding carboxylic acids is 3. The molecule has 1 heterocycles. The number of esters is 1. The van der Waals surface area contributed by atoms with Crippen LogP contribution in [0.1, 0.15) is 53.4 Å². The highest BCUT2D eigenvalue weighted by molar-refractivity contribution is 5.92. The number of hydrogen-bond acceptors (Lipinski definition) is 12. The smallest absolute Gasteiger partial charge is 0.328 e. The van der Waals surface area contributed by atoms with Crippen LogP contribution in [0.5, 0.6) is 23.0 Å². The van der Waals surface area contributed by atoms with Crippen LogP contribution >= 0.6 is 0 Å². The Morgan fingerprint density at radius 3 is 1.93 bits per heavy atom. The molecule has 2 amide bonds. The van der Waals surface area contributed by atoms with Crippen LogP contribution in [0.25, 0.3) is 22.3 Å². The molecule has 1 aromatic heterocycles. The number of phenolic OH excluding ortho intramolecular Hbond substituents is 1. The van der Waals surface area contributed by atoms with Crippen LogP contribution in [0, 0.1) is 0 Å². The molecule has 2 atom stereocenters. The molecule has 0 bridgehead atoms. The summed E-state index contributed by atoms with van der Waals surface area (Å²) >= 11 is 0. The van der Waals surface area contributed by atoms with Crippen LogP contribution in [0.4, 0.5) is 0 Å². The molecule has 18 nitrogen and oxygen atoms in total. The molecular formula is C40H54N8O10. The van der Waals surface area contributed by atoms with Gasteiger partial charge in [0.1, 0.15) is 53.5 Å². The highest BCUT2D eigenvalue weighted by Gasteiger charge is 2.28. The van der Waals surface area contributed by atoms with E-state index in [4.69, 9.17) is 46.3 Å². The summed E-state index contributed by atoms with van der Waals surface area (Å²) in [6.07, 6.45) is 4.54. The van der Waals surface area contributed by atoms with Crippen LogP contribution in [-0.2, 0) is 19.1 Å². The molecule has 0 unspecified atom stereocenters. The fourth-order valence-corrected chi connectivity index (χ4v) is 5.29. The number of nitrogens with zero attached hydrogens (tertiary/aromatic N) is 2. The molecule has 0 radical (unpaired) electrons. The van der Waals surface area contributed by atoms with Crippen molar-refractivity contribution in [2.24, 2.45) is 32.9 Å². The van der Waals surface area contributed by atoms with Crippen molar-refractivity contribution in [1.82, 2.24) is 10.6 Å². The Hall–Kier alpha value is -6.72. The van der Waals surface area contributed by atoms with E-state index in [1.807, 2.05) is 39.8 Å². The summed E-state index contributed by atoms with van der Waals surface area (Å²) in [7, 11) is 1.17. The van der Waals surface area contributed by atoms with Crippen LogP contribution in [-0.4, -0.2) is 86.9 Å². The average Bonchev–Trinajstić information content (AvgIpc) is 3.15. The van der Waals surface area contributed by atoms with Gasteiger partial charge >= 0.3 is 5.97 Å². The van der Waals surface area contributed by atoms with Gasteiger partial charge in [-0.2, -0.15) is 0 Å². The van der Waals surface area contributed by atoms with Crippen molar-refractivity contribution in [3.8, 4) is 34.3 Å². The molecule has 0 aliphatic heterocycles. The van der Waals surface area contributed by atoms with Crippen molar-refractivity contribution in [2.45, 2.75) is 65.5 Å². The van der Waals surface area contributed by atoms with Crippen molar-refractivity contribution >= 4 is 40.7 Å². The summed E-state index contributed by atoms with van der Waals surface area (Å²) in [5.74, 6) is -2.56. The Morgan fingerprint density at radius 1 is 0.810 bits per heavy atom. The number of nitrogens with two attached hydrogens (primary N) is 4. The summed E-state index contributed by atoms with van der Waals surface area (Å²) in [5, 5.41) is 16.0. The molecule has 314 valence electrons. The van der Waals surface area contributed by atoms with Crippen molar-refractivity contribution in [3.63, 3.8) is 0 Å². The van der Waals surface area contributed by atoms with E-state index < -0.39 is 47.7 Å². The van der Waals surface area contributed by atoms with Gasteiger partial charge < -0.3 is 62.0 Å². The van der Waals surface area contributed by atoms with Crippen LogP contribution in [0.15, 0.2) is 78.9 Å². The molecule has 2 aromatic carbocycles. The van der Waals surface area contributed by atoms with E-state index in [1.165, 1.54) is 19.2 Å². The summed E-state index contributed by atoms with van der Waals surface area (Å²) in [6, 6.07) is 7.13. The first kappa shape index (κ1) is 45.7. The normalized spacial score (nSPS) is 11.6. The number of aromatic hydroxyl groups is 1. The molecule has 0 saturated heterocycles. The largest absolute Gasteiger partial charge is 0.507 e. The van der Waals surface area contributed by atoms with E-state index in [0.717, 1.165) is 11.1 Å². The maximum Gasteiger partial charge on any atom is 0.328 e. The van der Waals surface area contributed by atoms with Gasteiger partial charge in [0.2, 0.25) is 17.1 Å². The zero-order valence-electron chi connectivity index (χ0n) is 33.5. The number of phenols is 1. The fraction of sp³-hybridized carbons (Fsp3) is 0.400. The zero-order chi connectivity index (χ0) is 42.8. The van der Waals surface area contributed by atoms with E-state index in [1.54, 1.807) is 24.3 Å². The summed E-state index contributed by atoms with van der Waals surface area (Å²) < 4.78 is 28.4.